The minimum absolute atomic E-state index is 0.221. The highest BCUT2D eigenvalue weighted by molar-refractivity contribution is 5.41. The second-order valence-electron chi connectivity index (χ2n) is 8.52. The average molecular weight is 290 g/mol. The molecule has 1 rings (SSSR count). The van der Waals surface area contributed by atoms with Crippen molar-refractivity contribution in [3.63, 3.8) is 0 Å². The van der Waals surface area contributed by atoms with Crippen molar-refractivity contribution < 1.29 is 0 Å². The van der Waals surface area contributed by atoms with E-state index >= 15 is 0 Å². The van der Waals surface area contributed by atoms with Crippen LogP contribution in [-0.2, 0) is 11.8 Å². The van der Waals surface area contributed by atoms with Crippen LogP contribution in [0.25, 0.3) is 0 Å². The Morgan fingerprint density at radius 2 is 1.43 bits per heavy atom. The van der Waals surface area contributed by atoms with E-state index in [4.69, 9.17) is 0 Å². The predicted molar refractivity (Wildman–Crippen MR) is 95.2 cm³/mol. The zero-order valence-corrected chi connectivity index (χ0v) is 15.6. The summed E-state index contributed by atoms with van der Waals surface area (Å²) in [5, 5.41) is 3.67. The fourth-order valence-corrected chi connectivity index (χ4v) is 2.88. The van der Waals surface area contributed by atoms with Crippen molar-refractivity contribution in [3.8, 4) is 0 Å². The van der Waals surface area contributed by atoms with Crippen LogP contribution in [-0.4, -0.2) is 12.6 Å². The zero-order valence-electron chi connectivity index (χ0n) is 15.6. The number of hydrogen-bond donors (Lipinski definition) is 1. The standard InChI is InChI=1S/C20H35N/c1-10-21-18(20(7,8)9)13-17-14(2)11-16(12-15(17)3)19(4,5)6/h11-12,18,21H,10,13H2,1-9H3. The molecule has 120 valence electrons. The fraction of sp³-hybridized carbons (Fsp3) is 0.700. The topological polar surface area (TPSA) is 12.0 Å². The van der Waals surface area contributed by atoms with Gasteiger partial charge in [-0.1, -0.05) is 60.6 Å². The second-order valence-corrected chi connectivity index (χ2v) is 8.52. The van der Waals surface area contributed by atoms with Crippen LogP contribution < -0.4 is 5.32 Å². The molecule has 0 aliphatic rings. The van der Waals surface area contributed by atoms with Crippen LogP contribution >= 0.6 is 0 Å². The van der Waals surface area contributed by atoms with Gasteiger partial charge in [-0.05, 0) is 59.9 Å². The Morgan fingerprint density at radius 1 is 0.952 bits per heavy atom. The number of benzene rings is 1. The summed E-state index contributed by atoms with van der Waals surface area (Å²) in [5.74, 6) is 0. The fourth-order valence-electron chi connectivity index (χ4n) is 2.88. The van der Waals surface area contributed by atoms with Crippen molar-refractivity contribution in [1.29, 1.82) is 0 Å². The highest BCUT2D eigenvalue weighted by Gasteiger charge is 2.25. The molecule has 0 aliphatic carbocycles. The Morgan fingerprint density at radius 3 is 1.76 bits per heavy atom. The van der Waals surface area contributed by atoms with Gasteiger partial charge in [-0.25, -0.2) is 0 Å². The second kappa shape index (κ2) is 6.52. The molecule has 1 heteroatoms. The van der Waals surface area contributed by atoms with Gasteiger partial charge in [-0.2, -0.15) is 0 Å². The van der Waals surface area contributed by atoms with Gasteiger partial charge in [-0.15, -0.1) is 0 Å². The molecule has 1 unspecified atom stereocenters. The molecule has 0 saturated carbocycles. The van der Waals surface area contributed by atoms with Gasteiger partial charge in [0.05, 0.1) is 0 Å². The van der Waals surface area contributed by atoms with Crippen LogP contribution in [0.1, 0.15) is 70.7 Å². The molecular formula is C20H35N. The number of hydrogen-bond acceptors (Lipinski definition) is 1. The summed E-state index contributed by atoms with van der Waals surface area (Å²) in [6.45, 7) is 21.6. The zero-order chi connectivity index (χ0) is 16.4. The first-order valence-electron chi connectivity index (χ1n) is 8.30. The molecule has 1 N–H and O–H groups in total. The Labute approximate surface area is 132 Å². The molecule has 0 aromatic heterocycles. The lowest BCUT2D eigenvalue weighted by atomic mass is 9.79. The molecule has 0 aliphatic heterocycles. The Kier molecular flexibility index (Phi) is 5.66. The predicted octanol–water partition coefficient (Wildman–Crippen LogP) is 5.17. The third-order valence-electron chi connectivity index (χ3n) is 4.47. The van der Waals surface area contributed by atoms with Gasteiger partial charge in [0.15, 0.2) is 0 Å². The summed E-state index contributed by atoms with van der Waals surface area (Å²) in [6.07, 6.45) is 1.11. The molecule has 1 atom stereocenters. The van der Waals surface area contributed by atoms with Gasteiger partial charge in [-0.3, -0.25) is 0 Å². The molecule has 21 heavy (non-hydrogen) atoms. The number of rotatable bonds is 4. The average Bonchev–Trinajstić information content (AvgIpc) is 2.29. The summed E-state index contributed by atoms with van der Waals surface area (Å²) >= 11 is 0. The molecule has 0 bridgehead atoms. The van der Waals surface area contributed by atoms with E-state index in [1.165, 1.54) is 22.3 Å². The number of nitrogens with one attached hydrogen (secondary N) is 1. The monoisotopic (exact) mass is 289 g/mol. The summed E-state index contributed by atoms with van der Waals surface area (Å²) in [5.41, 5.74) is 6.33. The first-order valence-corrected chi connectivity index (χ1v) is 8.30. The number of aryl methyl sites for hydroxylation is 2. The van der Waals surface area contributed by atoms with Crippen molar-refractivity contribution in [2.45, 2.75) is 80.2 Å². The van der Waals surface area contributed by atoms with E-state index < -0.39 is 0 Å². The van der Waals surface area contributed by atoms with Crippen molar-refractivity contribution in [2.75, 3.05) is 6.54 Å². The van der Waals surface area contributed by atoms with Crippen molar-refractivity contribution in [2.24, 2.45) is 5.41 Å². The maximum Gasteiger partial charge on any atom is 0.0156 e. The lowest BCUT2D eigenvalue weighted by molar-refractivity contribution is 0.269. The molecule has 0 amide bonds. The lowest BCUT2D eigenvalue weighted by Crippen LogP contribution is -2.42. The highest BCUT2D eigenvalue weighted by atomic mass is 14.9. The van der Waals surface area contributed by atoms with Crippen LogP contribution in [0.3, 0.4) is 0 Å². The quantitative estimate of drug-likeness (QED) is 0.806. The van der Waals surface area contributed by atoms with Crippen molar-refractivity contribution in [1.82, 2.24) is 5.32 Å². The Hall–Kier alpha value is -0.820. The summed E-state index contributed by atoms with van der Waals surface area (Å²) in [6, 6.07) is 5.28. The minimum Gasteiger partial charge on any atom is -0.313 e. The molecule has 0 radical (unpaired) electrons. The molecule has 1 aromatic rings. The SMILES string of the molecule is CCNC(Cc1c(C)cc(C(C)(C)C)cc1C)C(C)(C)C. The Bertz CT molecular complexity index is 449. The minimum atomic E-state index is 0.221. The largest absolute Gasteiger partial charge is 0.313 e. The molecule has 1 nitrogen and oxygen atoms in total. The molecule has 0 fully saturated rings. The highest BCUT2D eigenvalue weighted by Crippen LogP contribution is 2.30. The smallest absolute Gasteiger partial charge is 0.0156 e. The molecule has 1 aromatic carbocycles. The van der Waals surface area contributed by atoms with E-state index in [1.54, 1.807) is 0 Å². The van der Waals surface area contributed by atoms with Crippen LogP contribution in [0.4, 0.5) is 0 Å². The van der Waals surface area contributed by atoms with Gasteiger partial charge in [0.1, 0.15) is 0 Å². The first kappa shape index (κ1) is 18.2. The van der Waals surface area contributed by atoms with Gasteiger partial charge in [0.2, 0.25) is 0 Å². The summed E-state index contributed by atoms with van der Waals surface area (Å²) in [7, 11) is 0. The molecule has 0 heterocycles. The van der Waals surface area contributed by atoms with Gasteiger partial charge in [0.25, 0.3) is 0 Å². The van der Waals surface area contributed by atoms with Crippen LogP contribution in [0, 0.1) is 19.3 Å². The van der Waals surface area contributed by atoms with Crippen LogP contribution in [0.5, 0.6) is 0 Å². The van der Waals surface area contributed by atoms with Crippen LogP contribution in [0.2, 0.25) is 0 Å². The van der Waals surface area contributed by atoms with E-state index in [2.05, 4.69) is 79.8 Å². The number of likely N-dealkylation sites (N-methyl/N-ethyl adjacent to an activating group) is 1. The van der Waals surface area contributed by atoms with Crippen molar-refractivity contribution >= 4 is 0 Å². The van der Waals surface area contributed by atoms with E-state index in [9.17, 15) is 0 Å². The summed E-state index contributed by atoms with van der Waals surface area (Å²) in [4.78, 5) is 0. The van der Waals surface area contributed by atoms with Crippen LogP contribution in [0.15, 0.2) is 12.1 Å². The van der Waals surface area contributed by atoms with Gasteiger partial charge in [0, 0.05) is 6.04 Å². The molecule has 0 saturated heterocycles. The lowest BCUT2D eigenvalue weighted by Gasteiger charge is -2.33. The van der Waals surface area contributed by atoms with E-state index in [0.29, 0.717) is 6.04 Å². The normalized spacial score (nSPS) is 14.3. The maximum absolute atomic E-state index is 3.67. The Balaban J connectivity index is 3.14. The van der Waals surface area contributed by atoms with E-state index in [0.717, 1.165) is 13.0 Å². The first-order chi connectivity index (χ1) is 9.46. The van der Waals surface area contributed by atoms with Crippen molar-refractivity contribution in [3.05, 3.63) is 34.4 Å². The molecule has 0 spiro atoms. The molecular weight excluding hydrogens is 254 g/mol. The maximum atomic E-state index is 3.67. The third-order valence-corrected chi connectivity index (χ3v) is 4.47. The third kappa shape index (κ3) is 4.85. The van der Waals surface area contributed by atoms with Gasteiger partial charge < -0.3 is 5.32 Å². The van der Waals surface area contributed by atoms with E-state index in [1.807, 2.05) is 0 Å². The van der Waals surface area contributed by atoms with E-state index in [-0.39, 0.29) is 10.8 Å². The summed E-state index contributed by atoms with van der Waals surface area (Å²) < 4.78 is 0. The van der Waals surface area contributed by atoms with Gasteiger partial charge >= 0.3 is 0 Å².